The van der Waals surface area contributed by atoms with E-state index in [1.54, 1.807) is 6.08 Å². The average molecular weight is 346 g/mol. The molecule has 26 heavy (non-hydrogen) atoms. The number of benzene rings is 3. The van der Waals surface area contributed by atoms with E-state index >= 15 is 0 Å². The maximum absolute atomic E-state index is 11.0. The highest BCUT2D eigenvalue weighted by molar-refractivity contribution is 5.87. The second-order valence-electron chi connectivity index (χ2n) is 5.37. The largest absolute Gasteiger partial charge is 0.460 e. The molecule has 0 aliphatic carbocycles. The fourth-order valence-corrected chi connectivity index (χ4v) is 2.18. The SMILES string of the molecule is O=C(C=Cc1ccccc1)OCCO.c1ccc(-c2ccccc2)cc1. The number of hydrogen-bond acceptors (Lipinski definition) is 3. The van der Waals surface area contributed by atoms with Crippen molar-refractivity contribution in [2.75, 3.05) is 13.2 Å². The predicted octanol–water partition coefficient (Wildman–Crippen LogP) is 4.59. The fourth-order valence-electron chi connectivity index (χ4n) is 2.18. The number of hydrogen-bond donors (Lipinski definition) is 1. The van der Waals surface area contributed by atoms with Crippen molar-refractivity contribution in [2.45, 2.75) is 0 Å². The quantitative estimate of drug-likeness (QED) is 0.543. The van der Waals surface area contributed by atoms with Gasteiger partial charge in [-0.05, 0) is 22.8 Å². The van der Waals surface area contributed by atoms with E-state index in [2.05, 4.69) is 53.3 Å². The molecule has 0 amide bonds. The molecule has 3 rings (SSSR count). The molecule has 3 aromatic carbocycles. The number of esters is 1. The van der Waals surface area contributed by atoms with E-state index in [1.807, 2.05) is 42.5 Å². The van der Waals surface area contributed by atoms with Crippen molar-refractivity contribution in [3.05, 3.63) is 103 Å². The summed E-state index contributed by atoms with van der Waals surface area (Å²) in [5.74, 6) is -0.442. The van der Waals surface area contributed by atoms with E-state index in [0.717, 1.165) is 5.56 Å². The number of carbonyl (C=O) groups is 1. The van der Waals surface area contributed by atoms with Gasteiger partial charge in [0.2, 0.25) is 0 Å². The third-order valence-corrected chi connectivity index (χ3v) is 3.43. The second-order valence-corrected chi connectivity index (χ2v) is 5.37. The van der Waals surface area contributed by atoms with Gasteiger partial charge in [-0.15, -0.1) is 0 Å². The predicted molar refractivity (Wildman–Crippen MR) is 105 cm³/mol. The van der Waals surface area contributed by atoms with Crippen LogP contribution in [0.15, 0.2) is 97.1 Å². The minimum Gasteiger partial charge on any atom is -0.460 e. The maximum atomic E-state index is 11.0. The highest BCUT2D eigenvalue weighted by atomic mass is 16.5. The standard InChI is InChI=1S/C12H10.C11H12O3/c1-3-7-11(8-4-1)12-9-5-2-6-10-12;12-8-9-14-11(13)7-6-10-4-2-1-3-5-10/h1-10H;1-7,12H,8-9H2. The first-order chi connectivity index (χ1) is 12.8. The van der Waals surface area contributed by atoms with Crippen molar-refractivity contribution >= 4 is 12.0 Å². The van der Waals surface area contributed by atoms with Gasteiger partial charge in [-0.2, -0.15) is 0 Å². The van der Waals surface area contributed by atoms with Gasteiger partial charge in [0.15, 0.2) is 0 Å². The Morgan fingerprint density at radius 1 is 0.769 bits per heavy atom. The lowest BCUT2D eigenvalue weighted by atomic mass is 10.1. The van der Waals surface area contributed by atoms with Crippen molar-refractivity contribution < 1.29 is 14.6 Å². The Hall–Kier alpha value is -3.17. The van der Waals surface area contributed by atoms with Crippen molar-refractivity contribution in [2.24, 2.45) is 0 Å². The number of rotatable bonds is 5. The molecule has 0 unspecified atom stereocenters. The molecule has 0 aliphatic heterocycles. The molecular weight excluding hydrogens is 324 g/mol. The third-order valence-electron chi connectivity index (χ3n) is 3.43. The molecular formula is C23H22O3. The first-order valence-electron chi connectivity index (χ1n) is 8.41. The van der Waals surface area contributed by atoms with Crippen LogP contribution in [0.1, 0.15) is 5.56 Å². The van der Waals surface area contributed by atoms with Gasteiger partial charge < -0.3 is 9.84 Å². The zero-order valence-electron chi connectivity index (χ0n) is 14.5. The summed E-state index contributed by atoms with van der Waals surface area (Å²) < 4.78 is 4.64. The summed E-state index contributed by atoms with van der Waals surface area (Å²) in [4.78, 5) is 11.0. The highest BCUT2D eigenvalue weighted by Crippen LogP contribution is 2.17. The minimum atomic E-state index is -0.442. The van der Waals surface area contributed by atoms with Gasteiger partial charge in [0.25, 0.3) is 0 Å². The molecule has 3 nitrogen and oxygen atoms in total. The summed E-state index contributed by atoms with van der Waals surface area (Å²) in [5.41, 5.74) is 3.49. The molecule has 0 aliphatic rings. The lowest BCUT2D eigenvalue weighted by Crippen LogP contribution is -2.04. The Balaban J connectivity index is 0.000000189. The smallest absolute Gasteiger partial charge is 0.330 e. The molecule has 1 N–H and O–H groups in total. The van der Waals surface area contributed by atoms with Gasteiger partial charge in [0, 0.05) is 6.08 Å². The van der Waals surface area contributed by atoms with Crippen molar-refractivity contribution in [3.63, 3.8) is 0 Å². The monoisotopic (exact) mass is 346 g/mol. The van der Waals surface area contributed by atoms with Gasteiger partial charge >= 0.3 is 5.97 Å². The van der Waals surface area contributed by atoms with E-state index in [4.69, 9.17) is 5.11 Å². The summed E-state index contributed by atoms with van der Waals surface area (Å²) in [5, 5.41) is 8.40. The van der Waals surface area contributed by atoms with E-state index in [0.29, 0.717) is 0 Å². The summed E-state index contributed by atoms with van der Waals surface area (Å²) in [6.45, 7) is -0.108. The van der Waals surface area contributed by atoms with Crippen LogP contribution in [0.5, 0.6) is 0 Å². The third kappa shape index (κ3) is 7.16. The van der Waals surface area contributed by atoms with Gasteiger partial charge in [0.05, 0.1) is 6.61 Å². The molecule has 0 spiro atoms. The van der Waals surface area contributed by atoms with Crippen LogP contribution in [-0.2, 0) is 9.53 Å². The summed E-state index contributed by atoms with van der Waals surface area (Å²) >= 11 is 0. The van der Waals surface area contributed by atoms with Gasteiger partial charge in [-0.1, -0.05) is 91.0 Å². The van der Waals surface area contributed by atoms with Crippen LogP contribution in [0.3, 0.4) is 0 Å². The van der Waals surface area contributed by atoms with Crippen molar-refractivity contribution in [1.29, 1.82) is 0 Å². The molecule has 0 saturated carbocycles. The van der Waals surface area contributed by atoms with Crippen LogP contribution in [0.25, 0.3) is 17.2 Å². The first-order valence-corrected chi connectivity index (χ1v) is 8.41. The summed E-state index contributed by atoms with van der Waals surface area (Å²) in [7, 11) is 0. The van der Waals surface area contributed by atoms with Crippen LogP contribution in [-0.4, -0.2) is 24.3 Å². The molecule has 0 bridgehead atoms. The fraction of sp³-hybridized carbons (Fsp3) is 0.0870. The van der Waals surface area contributed by atoms with E-state index < -0.39 is 5.97 Å². The molecule has 3 heteroatoms. The van der Waals surface area contributed by atoms with Crippen molar-refractivity contribution in [1.82, 2.24) is 0 Å². The Morgan fingerprint density at radius 2 is 1.23 bits per heavy atom. The zero-order chi connectivity index (χ0) is 18.5. The maximum Gasteiger partial charge on any atom is 0.330 e. The van der Waals surface area contributed by atoms with Gasteiger partial charge in [-0.3, -0.25) is 0 Å². The summed E-state index contributed by atoms with van der Waals surface area (Å²) in [6, 6.07) is 30.2. The van der Waals surface area contributed by atoms with Crippen LogP contribution in [0.4, 0.5) is 0 Å². The van der Waals surface area contributed by atoms with Gasteiger partial charge in [-0.25, -0.2) is 4.79 Å². The first kappa shape index (κ1) is 19.2. The molecule has 0 radical (unpaired) electrons. The molecule has 0 saturated heterocycles. The average Bonchev–Trinajstić information content (AvgIpc) is 2.73. The highest BCUT2D eigenvalue weighted by Gasteiger charge is 1.94. The van der Waals surface area contributed by atoms with E-state index in [-0.39, 0.29) is 13.2 Å². The number of carbonyl (C=O) groups excluding carboxylic acids is 1. The number of ether oxygens (including phenoxy) is 1. The lowest BCUT2D eigenvalue weighted by Gasteiger charge is -1.98. The van der Waals surface area contributed by atoms with Gasteiger partial charge in [0.1, 0.15) is 6.61 Å². The number of aliphatic hydroxyl groups is 1. The lowest BCUT2D eigenvalue weighted by molar-refractivity contribution is -0.138. The molecule has 0 heterocycles. The molecule has 0 atom stereocenters. The van der Waals surface area contributed by atoms with Crippen molar-refractivity contribution in [3.8, 4) is 11.1 Å². The Kier molecular flexibility index (Phi) is 8.40. The van der Waals surface area contributed by atoms with E-state index in [1.165, 1.54) is 17.2 Å². The molecule has 132 valence electrons. The molecule has 0 fully saturated rings. The molecule has 3 aromatic rings. The van der Waals surface area contributed by atoms with Crippen LogP contribution < -0.4 is 0 Å². The molecule has 0 aromatic heterocycles. The van der Waals surface area contributed by atoms with Crippen LogP contribution in [0.2, 0.25) is 0 Å². The van der Waals surface area contributed by atoms with Crippen LogP contribution >= 0.6 is 0 Å². The second kappa shape index (κ2) is 11.4. The topological polar surface area (TPSA) is 46.5 Å². The minimum absolute atomic E-state index is 0.0396. The Labute approximate surface area is 154 Å². The Bertz CT molecular complexity index is 744. The summed E-state index contributed by atoms with van der Waals surface area (Å²) in [6.07, 6.45) is 3.00. The Morgan fingerprint density at radius 3 is 1.69 bits per heavy atom. The van der Waals surface area contributed by atoms with Crippen LogP contribution in [0, 0.1) is 0 Å². The normalized spacial score (nSPS) is 10.0. The van der Waals surface area contributed by atoms with E-state index in [9.17, 15) is 4.79 Å². The zero-order valence-corrected chi connectivity index (χ0v) is 14.5. The number of aliphatic hydroxyl groups excluding tert-OH is 1.